The summed E-state index contributed by atoms with van der Waals surface area (Å²) in [5, 5.41) is 0. The average molecular weight is 373 g/mol. The monoisotopic (exact) mass is 372 g/mol. The minimum absolute atomic E-state index is 0.113. The summed E-state index contributed by atoms with van der Waals surface area (Å²) in [5.74, 6) is 0. The molecular weight excluding hydrogens is 338 g/mol. The van der Waals surface area contributed by atoms with E-state index in [4.69, 9.17) is 0 Å². The largest absolute Gasteiger partial charge is 0.315 e. The van der Waals surface area contributed by atoms with Gasteiger partial charge in [-0.05, 0) is 31.9 Å². The van der Waals surface area contributed by atoms with E-state index in [0.717, 1.165) is 37.0 Å². The summed E-state index contributed by atoms with van der Waals surface area (Å²) in [6.45, 7) is 10.6. The van der Waals surface area contributed by atoms with Crippen molar-refractivity contribution in [2.24, 2.45) is 0 Å². The standard InChI is InChI=1S/C27H34N/c1-4-28(5-2,23-26-19-13-8-14-20-26)27(3,21-24-15-9-6-10-16-24)22-25-17-11-7-12-18-25/h6-20H,4-5,21-23H2,1-3H3/q+1. The molecule has 0 aliphatic heterocycles. The molecule has 0 bridgehead atoms. The van der Waals surface area contributed by atoms with Gasteiger partial charge in [-0.1, -0.05) is 91.0 Å². The fourth-order valence-electron chi connectivity index (χ4n) is 4.80. The lowest BCUT2D eigenvalue weighted by molar-refractivity contribution is -0.983. The summed E-state index contributed by atoms with van der Waals surface area (Å²) in [7, 11) is 0. The molecule has 0 fully saturated rings. The van der Waals surface area contributed by atoms with Crippen molar-refractivity contribution in [1.29, 1.82) is 0 Å². The van der Waals surface area contributed by atoms with Crippen LogP contribution in [0.5, 0.6) is 0 Å². The third-order valence-corrected chi connectivity index (χ3v) is 6.54. The Balaban J connectivity index is 2.02. The molecule has 28 heavy (non-hydrogen) atoms. The second kappa shape index (κ2) is 9.21. The molecule has 146 valence electrons. The smallest absolute Gasteiger partial charge is 0.105 e. The highest BCUT2D eigenvalue weighted by atomic mass is 15.4. The summed E-state index contributed by atoms with van der Waals surface area (Å²) in [5.41, 5.74) is 4.40. The zero-order chi connectivity index (χ0) is 19.9. The first kappa shape index (κ1) is 20.4. The van der Waals surface area contributed by atoms with Crippen molar-refractivity contribution in [3.8, 4) is 0 Å². The Morgan fingerprint density at radius 2 is 0.929 bits per heavy atom. The number of quaternary nitrogens is 1. The quantitative estimate of drug-likeness (QED) is 0.387. The van der Waals surface area contributed by atoms with Crippen molar-refractivity contribution in [2.45, 2.75) is 45.7 Å². The Labute approximate surface area is 171 Å². The van der Waals surface area contributed by atoms with Crippen LogP contribution in [0.1, 0.15) is 37.5 Å². The van der Waals surface area contributed by atoms with Crippen LogP contribution in [0.2, 0.25) is 0 Å². The third-order valence-electron chi connectivity index (χ3n) is 6.54. The van der Waals surface area contributed by atoms with Crippen molar-refractivity contribution in [2.75, 3.05) is 13.1 Å². The van der Waals surface area contributed by atoms with E-state index in [1.165, 1.54) is 16.7 Å². The van der Waals surface area contributed by atoms with Gasteiger partial charge >= 0.3 is 0 Å². The number of benzene rings is 3. The number of nitrogens with zero attached hydrogens (tertiary/aromatic N) is 1. The molecule has 0 saturated carbocycles. The van der Waals surface area contributed by atoms with E-state index in [9.17, 15) is 0 Å². The number of likely N-dealkylation sites (N-methyl/N-ethyl adjacent to an activating group) is 1. The first-order valence-corrected chi connectivity index (χ1v) is 10.6. The Hall–Kier alpha value is -2.38. The number of hydrogen-bond donors (Lipinski definition) is 0. The summed E-state index contributed by atoms with van der Waals surface area (Å²) in [6, 6.07) is 33.1. The van der Waals surface area contributed by atoms with Crippen LogP contribution < -0.4 is 0 Å². The maximum absolute atomic E-state index is 2.50. The maximum atomic E-state index is 2.50. The van der Waals surface area contributed by atoms with E-state index >= 15 is 0 Å². The molecule has 0 aromatic heterocycles. The van der Waals surface area contributed by atoms with E-state index in [1.807, 2.05) is 0 Å². The van der Waals surface area contributed by atoms with Gasteiger partial charge in [-0.15, -0.1) is 0 Å². The number of hydrogen-bond acceptors (Lipinski definition) is 0. The highest BCUT2D eigenvalue weighted by Gasteiger charge is 2.45. The zero-order valence-electron chi connectivity index (χ0n) is 17.6. The lowest BCUT2D eigenvalue weighted by Gasteiger charge is -2.52. The van der Waals surface area contributed by atoms with Gasteiger partial charge < -0.3 is 4.48 Å². The Morgan fingerprint density at radius 1 is 0.571 bits per heavy atom. The molecular formula is C27H34N+. The summed E-state index contributed by atoms with van der Waals surface area (Å²) >= 11 is 0. The van der Waals surface area contributed by atoms with E-state index in [1.54, 1.807) is 0 Å². The molecule has 0 unspecified atom stereocenters. The van der Waals surface area contributed by atoms with Gasteiger partial charge in [0.2, 0.25) is 0 Å². The fourth-order valence-corrected chi connectivity index (χ4v) is 4.80. The molecule has 0 amide bonds. The van der Waals surface area contributed by atoms with Gasteiger partial charge in [0.05, 0.1) is 13.1 Å². The molecule has 3 aromatic carbocycles. The van der Waals surface area contributed by atoms with Gasteiger partial charge in [-0.3, -0.25) is 0 Å². The highest BCUT2D eigenvalue weighted by Crippen LogP contribution is 2.35. The Bertz CT molecular complexity index is 778. The topological polar surface area (TPSA) is 0 Å². The van der Waals surface area contributed by atoms with Crippen molar-refractivity contribution < 1.29 is 4.48 Å². The Kier molecular flexibility index (Phi) is 6.70. The summed E-state index contributed by atoms with van der Waals surface area (Å²) < 4.78 is 1.08. The maximum Gasteiger partial charge on any atom is 0.105 e. The van der Waals surface area contributed by atoms with Crippen LogP contribution in [-0.2, 0) is 19.4 Å². The average Bonchev–Trinajstić information content (AvgIpc) is 2.74. The van der Waals surface area contributed by atoms with Gasteiger partial charge in [0.15, 0.2) is 0 Å². The molecule has 1 nitrogen and oxygen atoms in total. The molecule has 0 heterocycles. The van der Waals surface area contributed by atoms with Crippen molar-refractivity contribution in [3.63, 3.8) is 0 Å². The van der Waals surface area contributed by atoms with Crippen LogP contribution in [0, 0.1) is 0 Å². The molecule has 0 spiro atoms. The first-order valence-electron chi connectivity index (χ1n) is 10.6. The fraction of sp³-hybridized carbons (Fsp3) is 0.333. The summed E-state index contributed by atoms with van der Waals surface area (Å²) in [6.07, 6.45) is 2.16. The molecule has 0 atom stereocenters. The van der Waals surface area contributed by atoms with Gasteiger partial charge in [0.1, 0.15) is 12.1 Å². The van der Waals surface area contributed by atoms with Gasteiger partial charge in [0.25, 0.3) is 0 Å². The molecule has 0 radical (unpaired) electrons. The van der Waals surface area contributed by atoms with E-state index in [0.29, 0.717) is 0 Å². The lowest BCUT2D eigenvalue weighted by Crippen LogP contribution is -2.64. The normalized spacial score (nSPS) is 12.1. The molecule has 0 N–H and O–H groups in total. The zero-order valence-corrected chi connectivity index (χ0v) is 17.6. The van der Waals surface area contributed by atoms with Crippen LogP contribution in [0.4, 0.5) is 0 Å². The highest BCUT2D eigenvalue weighted by molar-refractivity contribution is 5.22. The summed E-state index contributed by atoms with van der Waals surface area (Å²) in [4.78, 5) is 0. The second-order valence-electron chi connectivity index (χ2n) is 8.24. The molecule has 0 saturated heterocycles. The second-order valence-corrected chi connectivity index (χ2v) is 8.24. The third kappa shape index (κ3) is 4.54. The van der Waals surface area contributed by atoms with Crippen molar-refractivity contribution >= 4 is 0 Å². The predicted molar refractivity (Wildman–Crippen MR) is 120 cm³/mol. The van der Waals surface area contributed by atoms with Gasteiger partial charge in [-0.25, -0.2) is 0 Å². The van der Waals surface area contributed by atoms with Crippen LogP contribution >= 0.6 is 0 Å². The van der Waals surface area contributed by atoms with Gasteiger partial charge in [-0.2, -0.15) is 0 Å². The predicted octanol–water partition coefficient (Wildman–Crippen LogP) is 6.29. The molecule has 0 aliphatic rings. The van der Waals surface area contributed by atoms with E-state index in [2.05, 4.69) is 112 Å². The SMILES string of the molecule is CC[N+](CC)(Cc1ccccc1)C(C)(Cc1ccccc1)Cc1ccccc1. The minimum Gasteiger partial charge on any atom is -0.315 e. The van der Waals surface area contributed by atoms with Crippen LogP contribution in [0.15, 0.2) is 91.0 Å². The van der Waals surface area contributed by atoms with Crippen molar-refractivity contribution in [1.82, 2.24) is 0 Å². The molecule has 3 aromatic rings. The minimum atomic E-state index is 0.113. The van der Waals surface area contributed by atoms with Crippen LogP contribution in [-0.4, -0.2) is 23.1 Å². The van der Waals surface area contributed by atoms with E-state index in [-0.39, 0.29) is 5.54 Å². The lowest BCUT2D eigenvalue weighted by atomic mass is 9.81. The molecule has 0 aliphatic carbocycles. The van der Waals surface area contributed by atoms with Crippen LogP contribution in [0.25, 0.3) is 0 Å². The first-order chi connectivity index (χ1) is 13.6. The molecule has 1 heteroatoms. The Morgan fingerprint density at radius 3 is 1.29 bits per heavy atom. The van der Waals surface area contributed by atoms with E-state index < -0.39 is 0 Å². The molecule has 3 rings (SSSR count). The number of rotatable bonds is 9. The van der Waals surface area contributed by atoms with Crippen molar-refractivity contribution in [3.05, 3.63) is 108 Å². The van der Waals surface area contributed by atoms with Crippen LogP contribution in [0.3, 0.4) is 0 Å². The van der Waals surface area contributed by atoms with Gasteiger partial charge in [0, 0.05) is 18.4 Å².